The van der Waals surface area contributed by atoms with Crippen LogP contribution in [0.4, 0.5) is 11.5 Å². The smallest absolute Gasteiger partial charge is 0.222 e. The maximum atomic E-state index is 6.20. The summed E-state index contributed by atoms with van der Waals surface area (Å²) in [4.78, 5) is 9.71. The number of hydrogen-bond donors (Lipinski definition) is 1. The van der Waals surface area contributed by atoms with E-state index in [1.165, 1.54) is 11.3 Å². The zero-order valence-corrected chi connectivity index (χ0v) is 19.2. The van der Waals surface area contributed by atoms with E-state index in [4.69, 9.17) is 16.6 Å². The summed E-state index contributed by atoms with van der Waals surface area (Å²) in [6.07, 6.45) is 1.03. The fourth-order valence-electron chi connectivity index (χ4n) is 4.33. The Hall–Kier alpha value is -2.97. The minimum absolute atomic E-state index is 0.661. The molecule has 3 heterocycles. The summed E-state index contributed by atoms with van der Waals surface area (Å²) in [7, 11) is 0. The van der Waals surface area contributed by atoms with Gasteiger partial charge in [-0.05, 0) is 72.6 Å². The molecule has 1 N–H and O–H groups in total. The van der Waals surface area contributed by atoms with Crippen molar-refractivity contribution in [3.05, 3.63) is 52.5 Å². The number of nitrogens with zero attached hydrogens (tertiary/aromatic N) is 7. The summed E-state index contributed by atoms with van der Waals surface area (Å²) in [5.74, 6) is 0.729. The number of nitrogens with one attached hydrogen (secondary N) is 1. The highest BCUT2D eigenvalue weighted by atomic mass is 35.5. The second-order valence-electron chi connectivity index (χ2n) is 8.41. The fourth-order valence-corrected chi connectivity index (χ4v) is 4.50. The molecule has 0 amide bonds. The third-order valence-corrected chi connectivity index (χ3v) is 6.34. The highest BCUT2D eigenvalue weighted by Gasteiger charge is 2.18. The number of benzene rings is 2. The molecule has 9 heteroatoms. The van der Waals surface area contributed by atoms with E-state index >= 15 is 0 Å². The van der Waals surface area contributed by atoms with Gasteiger partial charge in [0.25, 0.3) is 0 Å². The van der Waals surface area contributed by atoms with Crippen molar-refractivity contribution in [2.24, 2.45) is 0 Å². The lowest BCUT2D eigenvalue weighted by atomic mass is 10.1. The Morgan fingerprint density at radius 2 is 1.88 bits per heavy atom. The van der Waals surface area contributed by atoms with E-state index in [-0.39, 0.29) is 0 Å². The molecule has 32 heavy (non-hydrogen) atoms. The lowest BCUT2D eigenvalue weighted by Gasteiger charge is -2.37. The SMILES string of the molecule is Cc1ccc2nc(NCCCN3CCN(c4cc(Cl)ccc4C)CC3)c3nnnn3c2c1. The number of anilines is 2. The van der Waals surface area contributed by atoms with Gasteiger partial charge < -0.3 is 10.2 Å². The lowest BCUT2D eigenvalue weighted by molar-refractivity contribution is 0.257. The summed E-state index contributed by atoms with van der Waals surface area (Å²) in [6, 6.07) is 12.3. The van der Waals surface area contributed by atoms with Crippen LogP contribution in [0.2, 0.25) is 5.02 Å². The van der Waals surface area contributed by atoms with Gasteiger partial charge in [-0.3, -0.25) is 4.90 Å². The number of fused-ring (bicyclic) bond motifs is 3. The van der Waals surface area contributed by atoms with Gasteiger partial charge in [0.2, 0.25) is 5.65 Å². The van der Waals surface area contributed by atoms with Crippen molar-refractivity contribution in [3.8, 4) is 0 Å². The van der Waals surface area contributed by atoms with E-state index in [2.05, 4.69) is 68.8 Å². The zero-order valence-electron chi connectivity index (χ0n) is 18.4. The molecular weight excluding hydrogens is 424 g/mol. The van der Waals surface area contributed by atoms with Crippen molar-refractivity contribution in [1.29, 1.82) is 0 Å². The average molecular weight is 451 g/mol. The average Bonchev–Trinajstić information content (AvgIpc) is 3.30. The second kappa shape index (κ2) is 8.88. The summed E-state index contributed by atoms with van der Waals surface area (Å²) in [5, 5.41) is 16.4. The first-order valence-corrected chi connectivity index (χ1v) is 11.4. The van der Waals surface area contributed by atoms with Gasteiger partial charge in [0, 0.05) is 43.4 Å². The fraction of sp³-hybridized carbons (Fsp3) is 0.391. The number of halogens is 1. The van der Waals surface area contributed by atoms with Crippen LogP contribution in [-0.2, 0) is 0 Å². The van der Waals surface area contributed by atoms with Crippen LogP contribution in [0.15, 0.2) is 36.4 Å². The first-order chi connectivity index (χ1) is 15.6. The van der Waals surface area contributed by atoms with Crippen LogP contribution in [0.3, 0.4) is 0 Å². The van der Waals surface area contributed by atoms with Crippen LogP contribution in [-0.4, -0.2) is 69.2 Å². The molecule has 0 aliphatic carbocycles. The molecule has 0 unspecified atom stereocenters. The van der Waals surface area contributed by atoms with Gasteiger partial charge >= 0.3 is 0 Å². The molecule has 2 aromatic heterocycles. The minimum Gasteiger partial charge on any atom is -0.369 e. The third-order valence-electron chi connectivity index (χ3n) is 6.10. The maximum Gasteiger partial charge on any atom is 0.222 e. The van der Waals surface area contributed by atoms with Crippen molar-refractivity contribution >= 4 is 39.8 Å². The summed E-state index contributed by atoms with van der Waals surface area (Å²) >= 11 is 6.20. The molecule has 1 aliphatic heterocycles. The Labute approximate surface area is 192 Å². The molecule has 0 radical (unpaired) electrons. The van der Waals surface area contributed by atoms with E-state index in [0.29, 0.717) is 5.65 Å². The van der Waals surface area contributed by atoms with Gasteiger partial charge in [0.05, 0.1) is 11.0 Å². The van der Waals surface area contributed by atoms with Crippen molar-refractivity contribution in [3.63, 3.8) is 0 Å². The molecule has 1 aliphatic rings. The minimum atomic E-state index is 0.661. The quantitative estimate of drug-likeness (QED) is 0.450. The molecule has 5 rings (SSSR count). The normalized spacial score (nSPS) is 15.0. The standard InChI is InChI=1S/C23H27ClN8/c1-16-4-7-19-21(14-16)32-23(27-28-29-32)22(26-19)25-8-3-9-30-10-12-31(13-11-30)20-15-18(24)6-5-17(20)2/h4-7,14-15H,3,8-13H2,1-2H3,(H,25,26). The van der Waals surface area contributed by atoms with Crippen LogP contribution in [0, 0.1) is 13.8 Å². The number of aryl methyl sites for hydroxylation is 2. The van der Waals surface area contributed by atoms with Crippen LogP contribution in [0.5, 0.6) is 0 Å². The Balaban J connectivity index is 1.16. The molecule has 1 saturated heterocycles. The molecule has 8 nitrogen and oxygen atoms in total. The van der Waals surface area contributed by atoms with Crippen molar-refractivity contribution < 1.29 is 0 Å². The third kappa shape index (κ3) is 4.20. The Kier molecular flexibility index (Phi) is 5.80. The second-order valence-corrected chi connectivity index (χ2v) is 8.84. The van der Waals surface area contributed by atoms with Gasteiger partial charge in [0.15, 0.2) is 5.82 Å². The zero-order chi connectivity index (χ0) is 22.1. The van der Waals surface area contributed by atoms with E-state index in [1.54, 1.807) is 4.52 Å². The predicted molar refractivity (Wildman–Crippen MR) is 129 cm³/mol. The molecule has 0 spiro atoms. The van der Waals surface area contributed by atoms with Crippen LogP contribution < -0.4 is 10.2 Å². The number of rotatable bonds is 6. The van der Waals surface area contributed by atoms with Gasteiger partial charge in [-0.2, -0.15) is 4.52 Å². The van der Waals surface area contributed by atoms with Crippen molar-refractivity contribution in [2.75, 3.05) is 49.5 Å². The highest BCUT2D eigenvalue weighted by Crippen LogP contribution is 2.25. The van der Waals surface area contributed by atoms with E-state index in [0.717, 1.165) is 73.1 Å². The van der Waals surface area contributed by atoms with E-state index in [1.807, 2.05) is 12.1 Å². The summed E-state index contributed by atoms with van der Waals surface area (Å²) in [6.45, 7) is 10.2. The predicted octanol–water partition coefficient (Wildman–Crippen LogP) is 3.57. The largest absolute Gasteiger partial charge is 0.369 e. The molecule has 166 valence electrons. The van der Waals surface area contributed by atoms with Crippen LogP contribution in [0.1, 0.15) is 17.5 Å². The first kappa shape index (κ1) is 20.9. The monoisotopic (exact) mass is 450 g/mol. The number of aromatic nitrogens is 5. The van der Waals surface area contributed by atoms with E-state index in [9.17, 15) is 0 Å². The van der Waals surface area contributed by atoms with Gasteiger partial charge in [-0.15, -0.1) is 5.10 Å². The van der Waals surface area contributed by atoms with Crippen molar-refractivity contribution in [2.45, 2.75) is 20.3 Å². The topological polar surface area (TPSA) is 74.5 Å². The van der Waals surface area contributed by atoms with E-state index < -0.39 is 0 Å². The van der Waals surface area contributed by atoms with Crippen LogP contribution in [0.25, 0.3) is 16.7 Å². The first-order valence-electron chi connectivity index (χ1n) is 11.0. The molecular formula is C23H27ClN8. The Morgan fingerprint density at radius 3 is 2.72 bits per heavy atom. The van der Waals surface area contributed by atoms with Gasteiger partial charge in [-0.1, -0.05) is 23.7 Å². The molecule has 4 aromatic rings. The molecule has 0 atom stereocenters. The maximum absolute atomic E-state index is 6.20. The molecule has 0 bridgehead atoms. The number of piperazine rings is 1. The molecule has 0 saturated carbocycles. The molecule has 1 fully saturated rings. The highest BCUT2D eigenvalue weighted by molar-refractivity contribution is 6.30. The summed E-state index contributed by atoms with van der Waals surface area (Å²) in [5.41, 5.74) is 6.14. The molecule has 2 aromatic carbocycles. The van der Waals surface area contributed by atoms with Gasteiger partial charge in [0.1, 0.15) is 0 Å². The Morgan fingerprint density at radius 1 is 1.03 bits per heavy atom. The van der Waals surface area contributed by atoms with Gasteiger partial charge in [-0.25, -0.2) is 4.98 Å². The number of tetrazole rings is 1. The Bertz CT molecular complexity index is 1250. The summed E-state index contributed by atoms with van der Waals surface area (Å²) < 4.78 is 1.76. The lowest BCUT2D eigenvalue weighted by Crippen LogP contribution is -2.47. The van der Waals surface area contributed by atoms with Crippen LogP contribution >= 0.6 is 11.6 Å². The van der Waals surface area contributed by atoms with Crippen molar-refractivity contribution in [1.82, 2.24) is 29.9 Å². The number of hydrogen-bond acceptors (Lipinski definition) is 7.